The van der Waals surface area contributed by atoms with Gasteiger partial charge in [-0.25, -0.2) is 4.79 Å². The van der Waals surface area contributed by atoms with Gasteiger partial charge in [0, 0.05) is 17.6 Å². The molecule has 1 heterocycles. The summed E-state index contributed by atoms with van der Waals surface area (Å²) in [6, 6.07) is 3.54. The van der Waals surface area contributed by atoms with Crippen LogP contribution < -0.4 is 9.47 Å². The van der Waals surface area contributed by atoms with Crippen molar-refractivity contribution in [2.24, 2.45) is 0 Å². The van der Waals surface area contributed by atoms with E-state index in [4.69, 9.17) is 14.2 Å². The van der Waals surface area contributed by atoms with E-state index in [1.54, 1.807) is 13.2 Å². The van der Waals surface area contributed by atoms with Gasteiger partial charge >= 0.3 is 5.97 Å². The number of rotatable bonds is 2. The quantitative estimate of drug-likeness (QED) is 0.780. The predicted molar refractivity (Wildman–Crippen MR) is 74.8 cm³/mol. The molecule has 5 nitrogen and oxygen atoms in total. The molecule has 1 aromatic carbocycles. The maximum atomic E-state index is 12.5. The smallest absolute Gasteiger partial charge is 0.334 e. The number of fused-ring (bicyclic) bond motifs is 1. The zero-order valence-corrected chi connectivity index (χ0v) is 12.0. The summed E-state index contributed by atoms with van der Waals surface area (Å²) in [5, 5.41) is 0. The molecule has 1 aromatic rings. The molecule has 0 saturated heterocycles. The number of aryl methyl sites for hydroxylation is 1. The van der Waals surface area contributed by atoms with Crippen LogP contribution in [0.3, 0.4) is 0 Å². The summed E-state index contributed by atoms with van der Waals surface area (Å²) in [5.74, 6) is 0.685. The normalized spacial score (nSPS) is 17.6. The molecule has 0 bridgehead atoms. The van der Waals surface area contributed by atoms with E-state index in [-0.39, 0.29) is 18.2 Å². The van der Waals surface area contributed by atoms with Crippen LogP contribution in [0.2, 0.25) is 0 Å². The highest BCUT2D eigenvalue weighted by Crippen LogP contribution is 2.35. The Labute approximate surface area is 122 Å². The van der Waals surface area contributed by atoms with E-state index in [1.807, 2.05) is 6.07 Å². The molecule has 0 unspecified atom stereocenters. The van der Waals surface area contributed by atoms with Crippen molar-refractivity contribution in [2.75, 3.05) is 20.8 Å². The monoisotopic (exact) mass is 288 g/mol. The molecule has 0 N–H and O–H groups in total. The highest BCUT2D eigenvalue weighted by atomic mass is 16.5. The van der Waals surface area contributed by atoms with Crippen LogP contribution >= 0.6 is 0 Å². The number of methoxy groups -OCH3 is 2. The molecule has 0 atom stereocenters. The molecule has 1 aliphatic heterocycles. The Balaban J connectivity index is 2.04. The van der Waals surface area contributed by atoms with Crippen molar-refractivity contribution in [3.8, 4) is 11.5 Å². The van der Waals surface area contributed by atoms with Gasteiger partial charge in [-0.15, -0.1) is 0 Å². The first kappa shape index (κ1) is 13.7. The third-order valence-corrected chi connectivity index (χ3v) is 3.99. The minimum absolute atomic E-state index is 0.0861. The van der Waals surface area contributed by atoms with Crippen LogP contribution in [-0.4, -0.2) is 32.6 Å². The molecule has 0 radical (unpaired) electrons. The number of cyclic esters (lactones) is 1. The first-order chi connectivity index (χ1) is 10.1. The van der Waals surface area contributed by atoms with E-state index < -0.39 is 0 Å². The van der Waals surface area contributed by atoms with E-state index in [9.17, 15) is 9.59 Å². The molecule has 0 amide bonds. The van der Waals surface area contributed by atoms with E-state index in [2.05, 4.69) is 0 Å². The molecule has 0 fully saturated rings. The fourth-order valence-electron chi connectivity index (χ4n) is 2.82. The van der Waals surface area contributed by atoms with Crippen molar-refractivity contribution in [3.63, 3.8) is 0 Å². The van der Waals surface area contributed by atoms with Crippen LogP contribution in [0.4, 0.5) is 0 Å². The van der Waals surface area contributed by atoms with Gasteiger partial charge in [-0.2, -0.15) is 0 Å². The number of carbonyl (C=O) groups excluding carboxylic acids is 2. The van der Waals surface area contributed by atoms with Gasteiger partial charge in [-0.1, -0.05) is 0 Å². The Morgan fingerprint density at radius 1 is 1.05 bits per heavy atom. The summed E-state index contributed by atoms with van der Waals surface area (Å²) in [6.45, 7) is 0.310. The molecule has 21 heavy (non-hydrogen) atoms. The Kier molecular flexibility index (Phi) is 3.41. The SMILES string of the molecule is COc1cc2c(cc1OC)C(=O)CC1=C(CC2)COC1=O. The lowest BCUT2D eigenvalue weighted by Crippen LogP contribution is -2.12. The van der Waals surface area contributed by atoms with Crippen LogP contribution in [0, 0.1) is 0 Å². The van der Waals surface area contributed by atoms with Crippen LogP contribution in [0.5, 0.6) is 11.5 Å². The number of Topliss-reactive ketones (excluding diaryl/α,β-unsaturated/α-hetero) is 1. The third kappa shape index (κ3) is 2.28. The highest BCUT2D eigenvalue weighted by Gasteiger charge is 2.30. The summed E-state index contributed by atoms with van der Waals surface area (Å²) in [5.41, 5.74) is 2.98. The molecule has 1 aliphatic carbocycles. The van der Waals surface area contributed by atoms with E-state index in [0.29, 0.717) is 35.7 Å². The van der Waals surface area contributed by atoms with Gasteiger partial charge in [0.25, 0.3) is 0 Å². The number of hydrogen-bond donors (Lipinski definition) is 0. The molecule has 5 heteroatoms. The summed E-state index contributed by atoms with van der Waals surface area (Å²) >= 11 is 0. The van der Waals surface area contributed by atoms with E-state index >= 15 is 0 Å². The lowest BCUT2D eigenvalue weighted by molar-refractivity contribution is -0.136. The lowest BCUT2D eigenvalue weighted by Gasteiger charge is -2.16. The number of esters is 1. The molecular weight excluding hydrogens is 272 g/mol. The molecule has 110 valence electrons. The van der Waals surface area contributed by atoms with E-state index in [0.717, 1.165) is 17.6 Å². The number of benzene rings is 1. The van der Waals surface area contributed by atoms with Crippen molar-refractivity contribution in [3.05, 3.63) is 34.4 Å². The molecular formula is C16H16O5. The summed E-state index contributed by atoms with van der Waals surface area (Å²) < 4.78 is 15.6. The number of ketones is 1. The molecule has 0 aromatic heterocycles. The summed E-state index contributed by atoms with van der Waals surface area (Å²) in [4.78, 5) is 24.2. The number of ether oxygens (including phenoxy) is 3. The standard InChI is InChI=1S/C16H16O5/c1-19-14-5-9-3-4-10-8-21-16(18)12(10)6-13(17)11(9)7-15(14)20-2/h5,7H,3-4,6,8H2,1-2H3. The first-order valence-electron chi connectivity index (χ1n) is 6.80. The van der Waals surface area contributed by atoms with Gasteiger partial charge < -0.3 is 14.2 Å². The zero-order valence-electron chi connectivity index (χ0n) is 12.0. The average Bonchev–Trinajstić information content (AvgIpc) is 2.82. The van der Waals surface area contributed by atoms with Crippen LogP contribution in [0.15, 0.2) is 23.3 Å². The second-order valence-electron chi connectivity index (χ2n) is 5.12. The number of carbonyl (C=O) groups is 2. The van der Waals surface area contributed by atoms with Crippen molar-refractivity contribution < 1.29 is 23.8 Å². The fourth-order valence-corrected chi connectivity index (χ4v) is 2.82. The molecule has 0 spiro atoms. The van der Waals surface area contributed by atoms with Crippen molar-refractivity contribution >= 4 is 11.8 Å². The maximum Gasteiger partial charge on any atom is 0.334 e. The van der Waals surface area contributed by atoms with Crippen LogP contribution in [0.1, 0.15) is 28.8 Å². The third-order valence-electron chi connectivity index (χ3n) is 3.99. The van der Waals surface area contributed by atoms with Gasteiger partial charge in [-0.3, -0.25) is 4.79 Å². The van der Waals surface area contributed by atoms with Gasteiger partial charge in [-0.05, 0) is 36.1 Å². The van der Waals surface area contributed by atoms with Crippen molar-refractivity contribution in [2.45, 2.75) is 19.3 Å². The molecule has 2 aliphatic rings. The second kappa shape index (κ2) is 5.24. The lowest BCUT2D eigenvalue weighted by atomic mass is 9.89. The second-order valence-corrected chi connectivity index (χ2v) is 5.12. The Morgan fingerprint density at radius 3 is 2.48 bits per heavy atom. The number of hydrogen-bond acceptors (Lipinski definition) is 5. The minimum atomic E-state index is -0.359. The highest BCUT2D eigenvalue weighted by molar-refractivity contribution is 6.06. The molecule has 3 rings (SSSR count). The fraction of sp³-hybridized carbons (Fsp3) is 0.375. The largest absolute Gasteiger partial charge is 0.493 e. The molecule has 0 saturated carbocycles. The van der Waals surface area contributed by atoms with Crippen molar-refractivity contribution in [1.82, 2.24) is 0 Å². The maximum absolute atomic E-state index is 12.5. The van der Waals surface area contributed by atoms with Gasteiger partial charge in [0.05, 0.1) is 14.2 Å². The van der Waals surface area contributed by atoms with Gasteiger partial charge in [0.2, 0.25) is 0 Å². The first-order valence-corrected chi connectivity index (χ1v) is 6.80. The Bertz CT molecular complexity index is 657. The summed E-state index contributed by atoms with van der Waals surface area (Å²) in [6.07, 6.45) is 1.49. The Morgan fingerprint density at radius 2 is 1.76 bits per heavy atom. The predicted octanol–water partition coefficient (Wildman–Crippen LogP) is 2.08. The Hall–Kier alpha value is -2.30. The van der Waals surface area contributed by atoms with E-state index in [1.165, 1.54) is 7.11 Å². The topological polar surface area (TPSA) is 61.8 Å². The minimum Gasteiger partial charge on any atom is -0.493 e. The average molecular weight is 288 g/mol. The van der Waals surface area contributed by atoms with Crippen LogP contribution in [-0.2, 0) is 16.0 Å². The zero-order chi connectivity index (χ0) is 15.0. The van der Waals surface area contributed by atoms with Gasteiger partial charge in [0.1, 0.15) is 6.61 Å². The van der Waals surface area contributed by atoms with Crippen molar-refractivity contribution in [1.29, 1.82) is 0 Å². The summed E-state index contributed by atoms with van der Waals surface area (Å²) in [7, 11) is 3.10. The van der Waals surface area contributed by atoms with Gasteiger partial charge in [0.15, 0.2) is 17.3 Å². The van der Waals surface area contributed by atoms with Crippen LogP contribution in [0.25, 0.3) is 0 Å².